The van der Waals surface area contributed by atoms with Crippen molar-refractivity contribution in [2.75, 3.05) is 24.5 Å². The van der Waals surface area contributed by atoms with Crippen molar-refractivity contribution in [3.63, 3.8) is 0 Å². The van der Waals surface area contributed by atoms with Crippen LogP contribution in [0, 0.1) is 0 Å². The molecule has 0 saturated heterocycles. The minimum absolute atomic E-state index is 0.0833. The summed E-state index contributed by atoms with van der Waals surface area (Å²) in [5, 5.41) is 14.6. The van der Waals surface area contributed by atoms with Gasteiger partial charge < -0.3 is 11.1 Å². The Morgan fingerprint density at radius 2 is 1.44 bits per heavy atom. The molecule has 1 unspecified atom stereocenters. The molecule has 224 valence electrons. The van der Waals surface area contributed by atoms with E-state index in [0.717, 1.165) is 51.5 Å². The Bertz CT molecular complexity index is 1850. The predicted molar refractivity (Wildman–Crippen MR) is 190 cm³/mol. The van der Waals surface area contributed by atoms with Crippen molar-refractivity contribution < 1.29 is 5.21 Å². The van der Waals surface area contributed by atoms with Crippen LogP contribution in [0.3, 0.4) is 0 Å². The highest BCUT2D eigenvalue weighted by molar-refractivity contribution is 5.87. The highest BCUT2D eigenvalue weighted by Gasteiger charge is 2.19. The average molecular weight is 590 g/mol. The number of benzene rings is 5. The van der Waals surface area contributed by atoms with Gasteiger partial charge >= 0.3 is 0 Å². The number of nitrogens with two attached hydrogens (primary N) is 1. The van der Waals surface area contributed by atoms with Crippen molar-refractivity contribution >= 4 is 22.6 Å². The van der Waals surface area contributed by atoms with Gasteiger partial charge in [0.25, 0.3) is 0 Å². The van der Waals surface area contributed by atoms with Gasteiger partial charge in [-0.3, -0.25) is 10.3 Å². The molecule has 0 bridgehead atoms. The number of allylic oxidation sites excluding steroid dienone is 5. The molecule has 45 heavy (non-hydrogen) atoms. The molecule has 0 aromatic heterocycles. The third kappa shape index (κ3) is 6.47. The van der Waals surface area contributed by atoms with Crippen molar-refractivity contribution in [3.05, 3.63) is 168 Å². The van der Waals surface area contributed by atoms with E-state index in [1.165, 1.54) is 27.8 Å². The zero-order valence-electron chi connectivity index (χ0n) is 25.8. The maximum absolute atomic E-state index is 10.2. The Morgan fingerprint density at radius 1 is 0.778 bits per heavy atom. The van der Waals surface area contributed by atoms with Crippen LogP contribution in [0.5, 0.6) is 0 Å². The van der Waals surface area contributed by atoms with Gasteiger partial charge in [0, 0.05) is 31.3 Å². The number of hydrogen-bond donors (Lipinski definition) is 3. The van der Waals surface area contributed by atoms with Crippen LogP contribution in [0.1, 0.15) is 41.0 Å². The van der Waals surface area contributed by atoms with E-state index in [1.54, 1.807) is 7.05 Å². The third-order valence-electron chi connectivity index (χ3n) is 8.55. The lowest BCUT2D eigenvalue weighted by molar-refractivity contribution is 0.280. The highest BCUT2D eigenvalue weighted by atomic mass is 16.5. The van der Waals surface area contributed by atoms with E-state index in [2.05, 4.69) is 133 Å². The molecule has 4 nitrogen and oxygen atoms in total. The molecule has 1 atom stereocenters. The van der Waals surface area contributed by atoms with Crippen LogP contribution >= 0.6 is 0 Å². The van der Waals surface area contributed by atoms with E-state index in [4.69, 9.17) is 5.73 Å². The minimum Gasteiger partial charge on any atom is -0.398 e. The SMILES string of the molecule is CNc1c(-c2ccc(C(/C=C(\N)c3ccc(C4=CC=CCC4)cc3)c3ccccc3-c3ccccc3)cc2)cccc1N(C)O. The van der Waals surface area contributed by atoms with E-state index in [9.17, 15) is 5.21 Å². The van der Waals surface area contributed by atoms with Crippen molar-refractivity contribution in [2.45, 2.75) is 18.8 Å². The zero-order valence-corrected chi connectivity index (χ0v) is 25.8. The van der Waals surface area contributed by atoms with Crippen LogP contribution in [0.2, 0.25) is 0 Å². The van der Waals surface area contributed by atoms with Crippen molar-refractivity contribution in [1.29, 1.82) is 0 Å². The molecule has 0 amide bonds. The fourth-order valence-electron chi connectivity index (χ4n) is 6.19. The van der Waals surface area contributed by atoms with Crippen LogP contribution in [0.4, 0.5) is 11.4 Å². The fourth-order valence-corrected chi connectivity index (χ4v) is 6.19. The lowest BCUT2D eigenvalue weighted by Crippen LogP contribution is -2.12. The lowest BCUT2D eigenvalue weighted by atomic mass is 9.84. The Labute approximate surface area is 266 Å². The normalized spacial score (nSPS) is 13.7. The van der Waals surface area contributed by atoms with Gasteiger partial charge in [-0.1, -0.05) is 133 Å². The Morgan fingerprint density at radius 3 is 2.13 bits per heavy atom. The monoisotopic (exact) mass is 589 g/mol. The van der Waals surface area contributed by atoms with Gasteiger partial charge in [-0.25, -0.2) is 0 Å². The number of nitrogens with zero attached hydrogens (tertiary/aromatic N) is 1. The van der Waals surface area contributed by atoms with Crippen molar-refractivity contribution in [3.8, 4) is 22.3 Å². The lowest BCUT2D eigenvalue weighted by Gasteiger charge is -2.21. The Kier molecular flexibility index (Phi) is 8.95. The molecule has 6 rings (SSSR count). The first kappa shape index (κ1) is 29.7. The molecule has 0 saturated carbocycles. The highest BCUT2D eigenvalue weighted by Crippen LogP contribution is 2.39. The largest absolute Gasteiger partial charge is 0.398 e. The topological polar surface area (TPSA) is 61.5 Å². The first-order chi connectivity index (χ1) is 22.0. The average Bonchev–Trinajstić information content (AvgIpc) is 3.11. The maximum atomic E-state index is 10.2. The summed E-state index contributed by atoms with van der Waals surface area (Å²) in [6.45, 7) is 0. The third-order valence-corrected chi connectivity index (χ3v) is 8.55. The first-order valence-electron chi connectivity index (χ1n) is 15.5. The first-order valence-corrected chi connectivity index (χ1v) is 15.5. The minimum atomic E-state index is -0.0833. The Balaban J connectivity index is 1.42. The molecule has 0 aliphatic heterocycles. The second-order valence-corrected chi connectivity index (χ2v) is 11.4. The predicted octanol–water partition coefficient (Wildman–Crippen LogP) is 9.75. The molecule has 0 fully saturated rings. The van der Waals surface area contributed by atoms with Crippen LogP contribution in [-0.2, 0) is 0 Å². The fraction of sp³-hybridized carbons (Fsp3) is 0.122. The zero-order chi connectivity index (χ0) is 31.2. The maximum Gasteiger partial charge on any atom is 0.0868 e. The molecule has 0 radical (unpaired) electrons. The number of rotatable bonds is 9. The molecular weight excluding hydrogens is 550 g/mol. The van der Waals surface area contributed by atoms with E-state index >= 15 is 0 Å². The molecule has 1 aliphatic carbocycles. The van der Waals surface area contributed by atoms with E-state index in [-0.39, 0.29) is 5.92 Å². The van der Waals surface area contributed by atoms with E-state index < -0.39 is 0 Å². The molecular formula is C41H39N3O. The number of hydrogen-bond acceptors (Lipinski definition) is 4. The molecule has 5 aromatic rings. The second-order valence-electron chi connectivity index (χ2n) is 11.4. The van der Waals surface area contributed by atoms with Crippen molar-refractivity contribution in [2.24, 2.45) is 5.73 Å². The summed E-state index contributed by atoms with van der Waals surface area (Å²) in [7, 11) is 3.51. The van der Waals surface area contributed by atoms with E-state index in [0.29, 0.717) is 5.69 Å². The van der Waals surface area contributed by atoms with Gasteiger partial charge in [-0.15, -0.1) is 0 Å². The summed E-state index contributed by atoms with van der Waals surface area (Å²) >= 11 is 0. The van der Waals surface area contributed by atoms with Gasteiger partial charge in [0.2, 0.25) is 0 Å². The van der Waals surface area contributed by atoms with Crippen molar-refractivity contribution in [1.82, 2.24) is 0 Å². The summed E-state index contributed by atoms with van der Waals surface area (Å²) in [6.07, 6.45) is 10.9. The number of hydroxylamine groups is 1. The van der Waals surface area contributed by atoms with Crippen LogP contribution in [-0.4, -0.2) is 19.3 Å². The van der Waals surface area contributed by atoms with Crippen LogP contribution in [0.15, 0.2) is 146 Å². The Hall–Kier alpha value is -5.32. The molecule has 0 heterocycles. The second kappa shape index (κ2) is 13.5. The van der Waals surface area contributed by atoms with Gasteiger partial charge in [-0.05, 0) is 69.5 Å². The van der Waals surface area contributed by atoms with Gasteiger partial charge in [0.15, 0.2) is 0 Å². The van der Waals surface area contributed by atoms with Gasteiger partial charge in [0.1, 0.15) is 0 Å². The number of nitrogens with one attached hydrogen (secondary N) is 1. The molecule has 0 spiro atoms. The number of para-hydroxylation sites is 1. The summed E-state index contributed by atoms with van der Waals surface area (Å²) in [4.78, 5) is 0. The van der Waals surface area contributed by atoms with Crippen LogP contribution in [0.25, 0.3) is 33.5 Å². The quantitative estimate of drug-likeness (QED) is 0.150. The van der Waals surface area contributed by atoms with Gasteiger partial charge in [-0.2, -0.15) is 0 Å². The standard InChI is InChI=1S/C41H39N3O/c1-43-41-36(18-11-19-40(41)44(2)45)32-22-24-33(25-23-32)38(37-17-10-9-16-35(37)31-14-7-4-8-15-31)28-39(42)34-26-20-30(21-27-34)29-12-5-3-6-13-29/h3-5,7-12,14-28,38,43,45H,6,13,42H2,1-2H3/b39-28-. The number of anilines is 2. The van der Waals surface area contributed by atoms with Crippen LogP contribution < -0.4 is 16.1 Å². The summed E-state index contributed by atoms with van der Waals surface area (Å²) in [5.41, 5.74) is 19.6. The van der Waals surface area contributed by atoms with E-state index in [1.807, 2.05) is 25.2 Å². The molecule has 1 aliphatic rings. The molecule has 4 heteroatoms. The smallest absolute Gasteiger partial charge is 0.0868 e. The summed E-state index contributed by atoms with van der Waals surface area (Å²) < 4.78 is 0. The molecule has 4 N–H and O–H groups in total. The molecule has 5 aromatic carbocycles. The summed E-state index contributed by atoms with van der Waals surface area (Å²) in [6, 6.07) is 42.3. The van der Waals surface area contributed by atoms with Gasteiger partial charge in [0.05, 0.1) is 11.4 Å². The summed E-state index contributed by atoms with van der Waals surface area (Å²) in [5.74, 6) is -0.0833.